The minimum Gasteiger partial charge on any atom is -0.508 e. The van der Waals surface area contributed by atoms with E-state index in [0.717, 1.165) is 0 Å². The van der Waals surface area contributed by atoms with Crippen LogP contribution >= 0.6 is 0 Å². The van der Waals surface area contributed by atoms with Crippen LogP contribution in [0.15, 0.2) is 57.9 Å². The largest absolute Gasteiger partial charge is 0.508 e. The number of carboxylic acid groups (broad SMARTS) is 1. The van der Waals surface area contributed by atoms with Gasteiger partial charge in [-0.05, 0) is 42.2 Å². The zero-order valence-electron chi connectivity index (χ0n) is 23.8. The SMILES string of the molecule is CC(C)CC(O)C1(O)C(O)C(Oc2ccc3c(=O)c(-c4ccc(O)cc4)coc3c2)OC(COC(=O)CC(=O)O)C1(O)CO. The first kappa shape index (κ1) is 32.9. The van der Waals surface area contributed by atoms with E-state index in [1.165, 1.54) is 36.6 Å². The zero-order chi connectivity index (χ0) is 32.4. The number of ether oxygens (including phenoxy) is 3. The molecule has 6 unspecified atom stereocenters. The van der Waals surface area contributed by atoms with Crippen LogP contribution in [0.5, 0.6) is 11.5 Å². The number of aliphatic carboxylic acids is 1. The molecule has 0 bridgehead atoms. The van der Waals surface area contributed by atoms with Crippen LogP contribution in [0.25, 0.3) is 22.1 Å². The molecule has 0 radical (unpaired) electrons. The maximum atomic E-state index is 13.1. The number of aromatic hydroxyl groups is 1. The number of rotatable bonds is 11. The van der Waals surface area contributed by atoms with Crippen molar-refractivity contribution in [3.63, 3.8) is 0 Å². The summed E-state index contributed by atoms with van der Waals surface area (Å²) in [4.78, 5) is 35.9. The van der Waals surface area contributed by atoms with Crippen molar-refractivity contribution in [3.05, 3.63) is 59.0 Å². The van der Waals surface area contributed by atoms with E-state index in [-0.39, 0.29) is 45.8 Å². The molecule has 0 aliphatic carbocycles. The molecule has 3 aromatic rings. The van der Waals surface area contributed by atoms with E-state index in [2.05, 4.69) is 0 Å². The van der Waals surface area contributed by atoms with Crippen LogP contribution < -0.4 is 10.2 Å². The molecule has 1 aromatic heterocycles. The van der Waals surface area contributed by atoms with Gasteiger partial charge in [-0.25, -0.2) is 0 Å². The molecule has 1 aliphatic heterocycles. The summed E-state index contributed by atoms with van der Waals surface area (Å²) in [5, 5.41) is 74.1. The predicted octanol–water partition coefficient (Wildman–Crippen LogP) is 0.510. The lowest BCUT2D eigenvalue weighted by molar-refractivity contribution is -0.375. The number of aliphatic hydroxyl groups excluding tert-OH is 3. The van der Waals surface area contributed by atoms with Crippen molar-refractivity contribution in [2.24, 2.45) is 5.92 Å². The van der Waals surface area contributed by atoms with Gasteiger partial charge in [-0.1, -0.05) is 26.0 Å². The smallest absolute Gasteiger partial charge is 0.317 e. The van der Waals surface area contributed by atoms with Crippen LogP contribution in [0.2, 0.25) is 0 Å². The van der Waals surface area contributed by atoms with E-state index in [4.69, 9.17) is 23.7 Å². The number of benzene rings is 2. The fraction of sp³-hybridized carbons (Fsp3) is 0.433. The average Bonchev–Trinajstić information content (AvgIpc) is 2.96. The Labute approximate surface area is 250 Å². The maximum Gasteiger partial charge on any atom is 0.317 e. The van der Waals surface area contributed by atoms with Crippen molar-refractivity contribution >= 4 is 22.9 Å². The van der Waals surface area contributed by atoms with Crippen molar-refractivity contribution in [3.8, 4) is 22.6 Å². The lowest BCUT2D eigenvalue weighted by Crippen LogP contribution is -2.80. The van der Waals surface area contributed by atoms with Gasteiger partial charge in [0, 0.05) is 6.07 Å². The van der Waals surface area contributed by atoms with Crippen LogP contribution in [0.4, 0.5) is 0 Å². The van der Waals surface area contributed by atoms with Gasteiger partial charge in [-0.2, -0.15) is 0 Å². The standard InChI is InChI=1S/C30H34O14/c1-15(2)9-22(33)30(40)27(38)28(44-23(29(30,39)14-31)13-42-25(36)11-24(34)35)43-18-7-8-19-21(10-18)41-12-20(26(19)37)16-3-5-17(32)6-4-16/h3-8,10,12,15,22-23,27-28,31-33,38-40H,9,11,13-14H2,1-2H3,(H,34,35). The van der Waals surface area contributed by atoms with E-state index in [9.17, 15) is 45.0 Å². The predicted molar refractivity (Wildman–Crippen MR) is 151 cm³/mol. The van der Waals surface area contributed by atoms with Crippen LogP contribution in [0.3, 0.4) is 0 Å². The van der Waals surface area contributed by atoms with Gasteiger partial charge in [0.15, 0.2) is 22.7 Å². The number of aliphatic hydroxyl groups is 5. The summed E-state index contributed by atoms with van der Waals surface area (Å²) in [6.07, 6.45) is -7.68. The Morgan fingerprint density at radius 1 is 1.09 bits per heavy atom. The fourth-order valence-electron chi connectivity index (χ4n) is 5.18. The van der Waals surface area contributed by atoms with E-state index >= 15 is 0 Å². The minimum atomic E-state index is -2.90. The number of carboxylic acids is 1. The fourth-order valence-corrected chi connectivity index (χ4v) is 5.18. The molecule has 0 saturated carbocycles. The topological polar surface area (TPSA) is 234 Å². The molecule has 238 valence electrons. The highest BCUT2D eigenvalue weighted by atomic mass is 16.7. The third kappa shape index (κ3) is 6.26. The molecule has 14 nitrogen and oxygen atoms in total. The highest BCUT2D eigenvalue weighted by Gasteiger charge is 2.68. The Balaban J connectivity index is 1.68. The lowest BCUT2D eigenvalue weighted by Gasteiger charge is -2.56. The van der Waals surface area contributed by atoms with Crippen molar-refractivity contribution in [1.82, 2.24) is 0 Å². The first-order valence-electron chi connectivity index (χ1n) is 13.7. The first-order chi connectivity index (χ1) is 20.7. The minimum absolute atomic E-state index is 0.0227. The molecule has 0 spiro atoms. The summed E-state index contributed by atoms with van der Waals surface area (Å²) in [5.41, 5.74) is -5.30. The van der Waals surface area contributed by atoms with Crippen LogP contribution in [0, 0.1) is 5.92 Å². The molecule has 14 heteroatoms. The molecule has 7 N–H and O–H groups in total. The second-order valence-electron chi connectivity index (χ2n) is 11.0. The number of hydrogen-bond acceptors (Lipinski definition) is 13. The van der Waals surface area contributed by atoms with Crippen molar-refractivity contribution in [2.45, 2.75) is 62.5 Å². The van der Waals surface area contributed by atoms with Gasteiger partial charge in [-0.3, -0.25) is 14.4 Å². The van der Waals surface area contributed by atoms with Gasteiger partial charge < -0.3 is 54.4 Å². The Kier molecular flexibility index (Phi) is 9.63. The summed E-state index contributed by atoms with van der Waals surface area (Å²) in [6.45, 7) is 1.24. The highest BCUT2D eigenvalue weighted by molar-refractivity contribution is 5.90. The Hall–Kier alpha value is -4.05. The van der Waals surface area contributed by atoms with Gasteiger partial charge in [0.05, 0.1) is 23.7 Å². The van der Waals surface area contributed by atoms with E-state index in [0.29, 0.717) is 5.56 Å². The Morgan fingerprint density at radius 3 is 2.39 bits per heavy atom. The quantitative estimate of drug-likeness (QED) is 0.115. The van der Waals surface area contributed by atoms with Gasteiger partial charge in [0.25, 0.3) is 0 Å². The summed E-state index contributed by atoms with van der Waals surface area (Å²) in [5.74, 6) is -2.98. The lowest BCUT2D eigenvalue weighted by atomic mass is 9.68. The number of phenols is 1. The molecule has 6 atom stereocenters. The summed E-state index contributed by atoms with van der Waals surface area (Å²) in [7, 11) is 0. The van der Waals surface area contributed by atoms with Crippen LogP contribution in [0.1, 0.15) is 26.7 Å². The normalized spacial score (nSPS) is 26.0. The average molecular weight is 619 g/mol. The van der Waals surface area contributed by atoms with Gasteiger partial charge in [0.2, 0.25) is 6.29 Å². The van der Waals surface area contributed by atoms with Gasteiger partial charge in [0.1, 0.15) is 42.5 Å². The number of esters is 1. The molecule has 4 rings (SSSR count). The number of carbonyl (C=O) groups is 2. The molecular weight excluding hydrogens is 584 g/mol. The molecule has 1 aliphatic rings. The second kappa shape index (κ2) is 12.9. The molecular formula is C30H34O14. The van der Waals surface area contributed by atoms with Crippen LogP contribution in [-0.2, 0) is 19.1 Å². The summed E-state index contributed by atoms with van der Waals surface area (Å²) < 4.78 is 22.0. The third-order valence-corrected chi connectivity index (χ3v) is 7.54. The van der Waals surface area contributed by atoms with E-state index in [1.54, 1.807) is 26.0 Å². The summed E-state index contributed by atoms with van der Waals surface area (Å²) >= 11 is 0. The third-order valence-electron chi connectivity index (χ3n) is 7.54. The second-order valence-corrected chi connectivity index (χ2v) is 11.0. The molecule has 1 saturated heterocycles. The number of carbonyl (C=O) groups excluding carboxylic acids is 1. The van der Waals surface area contributed by atoms with E-state index < -0.39 is 67.4 Å². The van der Waals surface area contributed by atoms with Crippen molar-refractivity contribution in [1.29, 1.82) is 0 Å². The monoisotopic (exact) mass is 618 g/mol. The van der Waals surface area contributed by atoms with Crippen molar-refractivity contribution < 1.29 is 64.0 Å². The van der Waals surface area contributed by atoms with Crippen molar-refractivity contribution in [2.75, 3.05) is 13.2 Å². The Morgan fingerprint density at radius 2 is 1.77 bits per heavy atom. The van der Waals surface area contributed by atoms with Crippen LogP contribution in [-0.4, -0.2) is 96.7 Å². The zero-order valence-corrected chi connectivity index (χ0v) is 23.8. The molecule has 2 heterocycles. The number of phenolic OH excluding ortho intramolecular Hbond substituents is 1. The highest BCUT2D eigenvalue weighted by Crippen LogP contribution is 2.43. The molecule has 0 amide bonds. The number of hydrogen-bond donors (Lipinski definition) is 7. The Bertz CT molecular complexity index is 1550. The summed E-state index contributed by atoms with van der Waals surface area (Å²) in [6, 6.07) is 9.95. The molecule has 2 aromatic carbocycles. The molecule has 1 fully saturated rings. The van der Waals surface area contributed by atoms with Gasteiger partial charge in [-0.15, -0.1) is 0 Å². The van der Waals surface area contributed by atoms with E-state index in [1.807, 2.05) is 0 Å². The maximum absolute atomic E-state index is 13.1. The van der Waals surface area contributed by atoms with Gasteiger partial charge >= 0.3 is 11.9 Å². The molecule has 44 heavy (non-hydrogen) atoms. The first-order valence-corrected chi connectivity index (χ1v) is 13.7. The number of fused-ring (bicyclic) bond motifs is 1.